The summed E-state index contributed by atoms with van der Waals surface area (Å²) in [4.78, 5) is 4.64. The molecule has 1 aromatic heterocycles. The zero-order valence-electron chi connectivity index (χ0n) is 9.14. The van der Waals surface area contributed by atoms with Crippen LogP contribution in [0, 0.1) is 0 Å². The Balaban J connectivity index is 2.82. The van der Waals surface area contributed by atoms with Crippen LogP contribution < -0.4 is 5.32 Å². The van der Waals surface area contributed by atoms with Gasteiger partial charge < -0.3 is 5.32 Å². The molecule has 0 aliphatic rings. The molecule has 1 heterocycles. The van der Waals surface area contributed by atoms with Crippen LogP contribution in [0.1, 0.15) is 12.5 Å². The third-order valence-electron chi connectivity index (χ3n) is 2.58. The van der Waals surface area contributed by atoms with Gasteiger partial charge in [0.15, 0.2) is 0 Å². The van der Waals surface area contributed by atoms with E-state index in [2.05, 4.69) is 55.2 Å². The maximum absolute atomic E-state index is 4.64. The second-order valence-electron chi connectivity index (χ2n) is 3.53. The smallest absolute Gasteiger partial charge is 0.129 e. The van der Waals surface area contributed by atoms with E-state index in [0.29, 0.717) is 0 Å². The molecular formula is C12H12Br2N2. The lowest BCUT2D eigenvalue weighted by Crippen LogP contribution is -1.99. The number of fused-ring (bicyclic) bond motifs is 1. The number of halogens is 2. The van der Waals surface area contributed by atoms with Crippen LogP contribution >= 0.6 is 31.9 Å². The highest BCUT2D eigenvalue weighted by Crippen LogP contribution is 2.31. The van der Waals surface area contributed by atoms with E-state index in [1.165, 1.54) is 5.56 Å². The first-order valence-electron chi connectivity index (χ1n) is 5.12. The van der Waals surface area contributed by atoms with Crippen LogP contribution in [0.5, 0.6) is 0 Å². The summed E-state index contributed by atoms with van der Waals surface area (Å²) in [5, 5.41) is 4.28. The van der Waals surface area contributed by atoms with Gasteiger partial charge in [-0.15, -0.1) is 0 Å². The van der Waals surface area contributed by atoms with Gasteiger partial charge in [-0.1, -0.05) is 22.9 Å². The molecule has 0 saturated carbocycles. The summed E-state index contributed by atoms with van der Waals surface area (Å²) in [5.74, 6) is 0.953. The Hall–Kier alpha value is -0.610. The van der Waals surface area contributed by atoms with Crippen molar-refractivity contribution in [3.8, 4) is 0 Å². The summed E-state index contributed by atoms with van der Waals surface area (Å²) in [6.07, 6.45) is 0.970. The summed E-state index contributed by atoms with van der Waals surface area (Å²) in [7, 11) is 1.90. The number of hydrogen-bond donors (Lipinski definition) is 1. The molecule has 16 heavy (non-hydrogen) atoms. The first-order valence-corrected chi connectivity index (χ1v) is 6.71. The molecule has 2 rings (SSSR count). The summed E-state index contributed by atoms with van der Waals surface area (Å²) in [6.45, 7) is 2.13. The fourth-order valence-corrected chi connectivity index (χ4v) is 2.59. The molecule has 4 heteroatoms. The molecule has 2 aromatic rings. The number of rotatable bonds is 2. The van der Waals surface area contributed by atoms with E-state index in [9.17, 15) is 0 Å². The fraction of sp³-hybridized carbons (Fsp3) is 0.250. The van der Waals surface area contributed by atoms with Crippen LogP contribution in [0.15, 0.2) is 27.1 Å². The number of hydrogen-bond acceptors (Lipinski definition) is 2. The molecule has 0 amide bonds. The predicted octanol–water partition coefficient (Wildman–Crippen LogP) is 4.36. The van der Waals surface area contributed by atoms with Gasteiger partial charge in [0, 0.05) is 21.4 Å². The van der Waals surface area contributed by atoms with Gasteiger partial charge >= 0.3 is 0 Å². The molecule has 0 fully saturated rings. The zero-order valence-corrected chi connectivity index (χ0v) is 12.3. The van der Waals surface area contributed by atoms with E-state index in [1.54, 1.807) is 0 Å². The summed E-state index contributed by atoms with van der Waals surface area (Å²) >= 11 is 7.09. The monoisotopic (exact) mass is 342 g/mol. The highest BCUT2D eigenvalue weighted by atomic mass is 79.9. The lowest BCUT2D eigenvalue weighted by Gasteiger charge is -2.10. The fourth-order valence-electron chi connectivity index (χ4n) is 1.72. The van der Waals surface area contributed by atoms with Crippen LogP contribution in [0.4, 0.5) is 5.82 Å². The van der Waals surface area contributed by atoms with E-state index in [0.717, 1.165) is 32.1 Å². The molecule has 1 N–H and O–H groups in total. The minimum atomic E-state index is 0.953. The van der Waals surface area contributed by atoms with E-state index in [4.69, 9.17) is 0 Å². The van der Waals surface area contributed by atoms with Crippen molar-refractivity contribution >= 4 is 48.6 Å². The lowest BCUT2D eigenvalue weighted by atomic mass is 10.1. The maximum Gasteiger partial charge on any atom is 0.129 e. The summed E-state index contributed by atoms with van der Waals surface area (Å²) < 4.78 is 2.10. The van der Waals surface area contributed by atoms with E-state index < -0.39 is 0 Å². The number of pyridine rings is 1. The van der Waals surface area contributed by atoms with Crippen molar-refractivity contribution < 1.29 is 0 Å². The van der Waals surface area contributed by atoms with Gasteiger partial charge in [-0.05, 0) is 46.1 Å². The Morgan fingerprint density at radius 1 is 1.25 bits per heavy atom. The third-order valence-corrected chi connectivity index (χ3v) is 3.91. The third kappa shape index (κ3) is 1.96. The normalized spacial score (nSPS) is 10.8. The number of benzene rings is 1. The molecule has 0 radical (unpaired) electrons. The molecule has 2 nitrogen and oxygen atoms in total. The quantitative estimate of drug-likeness (QED) is 0.876. The summed E-state index contributed by atoms with van der Waals surface area (Å²) in [5.41, 5.74) is 2.21. The zero-order chi connectivity index (χ0) is 11.7. The van der Waals surface area contributed by atoms with Gasteiger partial charge in [0.05, 0.1) is 5.52 Å². The van der Waals surface area contributed by atoms with Crippen molar-refractivity contribution in [1.29, 1.82) is 0 Å². The minimum Gasteiger partial charge on any atom is -0.373 e. The van der Waals surface area contributed by atoms with Gasteiger partial charge in [-0.2, -0.15) is 0 Å². The van der Waals surface area contributed by atoms with Crippen molar-refractivity contribution in [1.82, 2.24) is 4.98 Å². The van der Waals surface area contributed by atoms with Gasteiger partial charge in [0.1, 0.15) is 5.82 Å². The van der Waals surface area contributed by atoms with Gasteiger partial charge in [-0.25, -0.2) is 4.98 Å². The van der Waals surface area contributed by atoms with Crippen LogP contribution in [0.3, 0.4) is 0 Å². The Bertz CT molecular complexity index is 490. The van der Waals surface area contributed by atoms with Crippen molar-refractivity contribution in [2.45, 2.75) is 13.3 Å². The average Bonchev–Trinajstić information content (AvgIpc) is 2.32. The molecule has 0 aliphatic heterocycles. The Morgan fingerprint density at radius 2 is 1.94 bits per heavy atom. The molecule has 0 saturated heterocycles. The van der Waals surface area contributed by atoms with E-state index >= 15 is 0 Å². The van der Waals surface area contributed by atoms with Crippen LogP contribution in [-0.4, -0.2) is 12.0 Å². The van der Waals surface area contributed by atoms with E-state index in [1.807, 2.05) is 19.2 Å². The first kappa shape index (κ1) is 11.9. The van der Waals surface area contributed by atoms with Crippen molar-refractivity contribution in [2.75, 3.05) is 12.4 Å². The SMILES string of the molecule is CCc1cc2c(Br)ccc(Br)c2nc1NC. The molecule has 0 spiro atoms. The maximum atomic E-state index is 4.64. The Kier molecular flexibility index (Phi) is 3.50. The van der Waals surface area contributed by atoms with E-state index in [-0.39, 0.29) is 0 Å². The topological polar surface area (TPSA) is 24.9 Å². The van der Waals surface area contributed by atoms with Gasteiger partial charge in [-0.3, -0.25) is 0 Å². The molecule has 0 bridgehead atoms. The molecule has 0 atom stereocenters. The van der Waals surface area contributed by atoms with Crippen LogP contribution in [-0.2, 0) is 6.42 Å². The summed E-state index contributed by atoms with van der Waals surface area (Å²) in [6, 6.07) is 6.22. The molecule has 84 valence electrons. The molecule has 1 aromatic carbocycles. The Morgan fingerprint density at radius 3 is 2.56 bits per heavy atom. The second kappa shape index (κ2) is 4.72. The van der Waals surface area contributed by atoms with Gasteiger partial charge in [0.2, 0.25) is 0 Å². The predicted molar refractivity (Wildman–Crippen MR) is 76.1 cm³/mol. The first-order chi connectivity index (χ1) is 7.67. The number of nitrogens with zero attached hydrogens (tertiary/aromatic N) is 1. The van der Waals surface area contributed by atoms with Crippen LogP contribution in [0.25, 0.3) is 10.9 Å². The van der Waals surface area contributed by atoms with Crippen LogP contribution in [0.2, 0.25) is 0 Å². The number of aryl methyl sites for hydroxylation is 1. The standard InChI is InChI=1S/C12H12Br2N2/c1-3-7-6-8-9(13)4-5-10(14)11(8)16-12(7)15-2/h4-6H,3H2,1-2H3,(H,15,16). The average molecular weight is 344 g/mol. The van der Waals surface area contributed by atoms with Gasteiger partial charge in [0.25, 0.3) is 0 Å². The lowest BCUT2D eigenvalue weighted by molar-refractivity contribution is 1.11. The number of anilines is 1. The van der Waals surface area contributed by atoms with Crippen molar-refractivity contribution in [2.24, 2.45) is 0 Å². The highest BCUT2D eigenvalue weighted by Gasteiger charge is 2.09. The Labute approximate surface area is 112 Å². The second-order valence-corrected chi connectivity index (χ2v) is 5.23. The van der Waals surface area contributed by atoms with Crippen molar-refractivity contribution in [3.63, 3.8) is 0 Å². The number of aromatic nitrogens is 1. The van der Waals surface area contributed by atoms with Crippen molar-refractivity contribution in [3.05, 3.63) is 32.7 Å². The number of nitrogens with one attached hydrogen (secondary N) is 1. The molecule has 0 unspecified atom stereocenters. The molecule has 0 aliphatic carbocycles. The molecular weight excluding hydrogens is 332 g/mol. The minimum absolute atomic E-state index is 0.953. The largest absolute Gasteiger partial charge is 0.373 e. The highest BCUT2D eigenvalue weighted by molar-refractivity contribution is 9.11.